The van der Waals surface area contributed by atoms with Gasteiger partial charge in [-0.25, -0.2) is 0 Å². The average Bonchev–Trinajstić information content (AvgIpc) is 3.14. The van der Waals surface area contributed by atoms with E-state index in [-0.39, 0.29) is 17.7 Å². The maximum absolute atomic E-state index is 12.8. The van der Waals surface area contributed by atoms with Crippen LogP contribution in [0.2, 0.25) is 0 Å². The number of ether oxygens (including phenoxy) is 1. The van der Waals surface area contributed by atoms with Crippen molar-refractivity contribution in [1.82, 2.24) is 4.57 Å². The summed E-state index contributed by atoms with van der Waals surface area (Å²) >= 11 is 1.65. The Bertz CT molecular complexity index is 799. The lowest BCUT2D eigenvalue weighted by atomic mass is 10.0. The fourth-order valence-corrected chi connectivity index (χ4v) is 3.55. The van der Waals surface area contributed by atoms with Gasteiger partial charge in [0.15, 0.2) is 0 Å². The third-order valence-electron chi connectivity index (χ3n) is 4.29. The van der Waals surface area contributed by atoms with Gasteiger partial charge < -0.3 is 9.30 Å². The quantitative estimate of drug-likeness (QED) is 0.466. The smallest absolute Gasteiger partial charge is 0.315 e. The summed E-state index contributed by atoms with van der Waals surface area (Å²) in [5.41, 5.74) is 1.67. The zero-order valence-corrected chi connectivity index (χ0v) is 15.9. The van der Waals surface area contributed by atoms with Crippen molar-refractivity contribution in [1.29, 1.82) is 0 Å². The second-order valence-electron chi connectivity index (χ2n) is 7.23. The third-order valence-corrected chi connectivity index (χ3v) is 5.03. The first-order valence-corrected chi connectivity index (χ1v) is 9.63. The molecule has 0 radical (unpaired) electrons. The van der Waals surface area contributed by atoms with Gasteiger partial charge in [0, 0.05) is 22.7 Å². The van der Waals surface area contributed by atoms with E-state index in [0.717, 1.165) is 10.6 Å². The molecule has 0 fully saturated rings. The molecule has 5 heteroatoms. The molecule has 1 aliphatic heterocycles. The van der Waals surface area contributed by atoms with Crippen molar-refractivity contribution in [2.45, 2.75) is 50.2 Å². The van der Waals surface area contributed by atoms with Crippen molar-refractivity contribution in [2.24, 2.45) is 0 Å². The second-order valence-corrected chi connectivity index (χ2v) is 8.11. The van der Waals surface area contributed by atoms with E-state index in [4.69, 9.17) is 4.74 Å². The zero-order valence-electron chi connectivity index (χ0n) is 15.0. The van der Waals surface area contributed by atoms with Crippen LogP contribution in [0, 0.1) is 0 Å². The molecule has 132 valence electrons. The monoisotopic (exact) mass is 357 g/mol. The van der Waals surface area contributed by atoms with Gasteiger partial charge in [0.2, 0.25) is 5.78 Å². The van der Waals surface area contributed by atoms with Crippen LogP contribution in [-0.4, -0.2) is 28.2 Å². The number of fused-ring (bicyclic) bond motifs is 1. The molecule has 0 saturated carbocycles. The topological polar surface area (TPSA) is 48.3 Å². The number of esters is 1. The summed E-state index contributed by atoms with van der Waals surface area (Å²) < 4.78 is 7.48. The minimum Gasteiger partial charge on any atom is -0.459 e. The van der Waals surface area contributed by atoms with Crippen molar-refractivity contribution in [3.63, 3.8) is 0 Å². The summed E-state index contributed by atoms with van der Waals surface area (Å²) in [5, 5.41) is 0. The molecule has 2 heterocycles. The van der Waals surface area contributed by atoms with Crippen molar-refractivity contribution in [3.05, 3.63) is 53.3 Å². The van der Waals surface area contributed by atoms with Crippen LogP contribution in [0.5, 0.6) is 0 Å². The molecule has 0 bridgehead atoms. The Morgan fingerprint density at radius 3 is 2.40 bits per heavy atom. The predicted molar refractivity (Wildman–Crippen MR) is 99.3 cm³/mol. The van der Waals surface area contributed by atoms with Gasteiger partial charge in [-0.15, -0.1) is 11.8 Å². The molecule has 4 nitrogen and oxygen atoms in total. The van der Waals surface area contributed by atoms with Gasteiger partial charge in [0.1, 0.15) is 5.60 Å². The Labute approximate surface area is 152 Å². The lowest BCUT2D eigenvalue weighted by molar-refractivity contribution is -0.156. The highest BCUT2D eigenvalue weighted by molar-refractivity contribution is 7.98. The van der Waals surface area contributed by atoms with Gasteiger partial charge in [-0.3, -0.25) is 9.59 Å². The fourth-order valence-electron chi connectivity index (χ4n) is 3.14. The Balaban J connectivity index is 1.83. The van der Waals surface area contributed by atoms with Crippen LogP contribution in [-0.2, 0) is 16.1 Å². The normalized spacial score (nSPS) is 16.6. The minimum absolute atomic E-state index is 0.0104. The van der Waals surface area contributed by atoms with Crippen LogP contribution in [0.1, 0.15) is 54.9 Å². The molecule has 25 heavy (non-hydrogen) atoms. The number of aromatic nitrogens is 1. The molecule has 3 rings (SSSR count). The molecule has 1 aromatic heterocycles. The van der Waals surface area contributed by atoms with Crippen molar-refractivity contribution in [3.8, 4) is 0 Å². The van der Waals surface area contributed by atoms with Gasteiger partial charge in [0.05, 0.1) is 11.6 Å². The summed E-state index contributed by atoms with van der Waals surface area (Å²) in [7, 11) is 0. The minimum atomic E-state index is -0.505. The van der Waals surface area contributed by atoms with E-state index < -0.39 is 5.60 Å². The van der Waals surface area contributed by atoms with E-state index in [1.165, 1.54) is 0 Å². The van der Waals surface area contributed by atoms with E-state index in [1.807, 2.05) is 68.0 Å². The number of carbonyl (C=O) groups is 2. The highest BCUT2D eigenvalue weighted by Crippen LogP contribution is 2.33. The molecule has 1 aliphatic rings. The van der Waals surface area contributed by atoms with Crippen molar-refractivity contribution in [2.75, 3.05) is 6.26 Å². The molecule has 1 atom stereocenters. The van der Waals surface area contributed by atoms with Crippen molar-refractivity contribution >= 4 is 23.5 Å². The Morgan fingerprint density at radius 2 is 1.80 bits per heavy atom. The molecular formula is C20H23NO3S. The third kappa shape index (κ3) is 3.66. The number of ketones is 1. The number of hydrogen-bond donors (Lipinski definition) is 0. The Hall–Kier alpha value is -2.01. The Morgan fingerprint density at radius 1 is 1.12 bits per heavy atom. The maximum atomic E-state index is 12.8. The first-order chi connectivity index (χ1) is 11.8. The van der Waals surface area contributed by atoms with E-state index in [2.05, 4.69) is 0 Å². The summed E-state index contributed by atoms with van der Waals surface area (Å²) in [6.07, 6.45) is 2.68. The largest absolute Gasteiger partial charge is 0.459 e. The molecule has 0 amide bonds. The summed E-state index contributed by atoms with van der Waals surface area (Å²) in [4.78, 5) is 26.4. The molecule has 0 N–H and O–H groups in total. The highest BCUT2D eigenvalue weighted by Gasteiger charge is 2.34. The van der Waals surface area contributed by atoms with Crippen LogP contribution in [0.4, 0.5) is 0 Å². The number of hydrogen-bond acceptors (Lipinski definition) is 4. The lowest BCUT2D eigenvalue weighted by Gasteiger charge is -2.21. The first-order valence-electron chi connectivity index (χ1n) is 8.41. The summed E-state index contributed by atoms with van der Waals surface area (Å²) in [5.74, 6) is -0.518. The summed E-state index contributed by atoms with van der Waals surface area (Å²) in [6, 6.07) is 11.3. The van der Waals surface area contributed by atoms with Gasteiger partial charge >= 0.3 is 5.97 Å². The first kappa shape index (κ1) is 17.8. The van der Waals surface area contributed by atoms with Crippen LogP contribution < -0.4 is 0 Å². The molecular weight excluding hydrogens is 334 g/mol. The van der Waals surface area contributed by atoms with Crippen LogP contribution in [0.3, 0.4) is 0 Å². The summed E-state index contributed by atoms with van der Waals surface area (Å²) in [6.45, 7) is 6.26. The van der Waals surface area contributed by atoms with E-state index >= 15 is 0 Å². The van der Waals surface area contributed by atoms with Crippen LogP contribution >= 0.6 is 11.8 Å². The fraction of sp³-hybridized carbons (Fsp3) is 0.400. The maximum Gasteiger partial charge on any atom is 0.315 e. The lowest BCUT2D eigenvalue weighted by Crippen LogP contribution is -2.27. The number of rotatable bonds is 4. The number of nitrogens with zero attached hydrogens (tertiary/aromatic N) is 1. The molecule has 2 aromatic rings. The van der Waals surface area contributed by atoms with E-state index in [1.54, 1.807) is 11.8 Å². The number of carbonyl (C=O) groups excluding carboxylic acids is 2. The van der Waals surface area contributed by atoms with Crippen LogP contribution in [0.25, 0.3) is 0 Å². The van der Waals surface area contributed by atoms with Gasteiger partial charge in [-0.05, 0) is 69.8 Å². The Kier molecular flexibility index (Phi) is 4.78. The molecule has 1 unspecified atom stereocenters. The van der Waals surface area contributed by atoms with Gasteiger partial charge in [0.25, 0.3) is 0 Å². The molecule has 1 aromatic carbocycles. The predicted octanol–water partition coefficient (Wildman–Crippen LogP) is 4.27. The van der Waals surface area contributed by atoms with E-state index in [9.17, 15) is 9.59 Å². The SMILES string of the molecule is CSc1ccc(C(=O)c2ccc3n2CCC3C(=O)OC(C)(C)C)cc1. The van der Waals surface area contributed by atoms with E-state index in [0.29, 0.717) is 24.2 Å². The highest BCUT2D eigenvalue weighted by atomic mass is 32.2. The zero-order chi connectivity index (χ0) is 18.2. The number of thioether (sulfide) groups is 1. The standard InChI is InChI=1S/C20H23NO3S/c1-20(2,3)24-19(23)15-11-12-21-16(15)9-10-17(21)18(22)13-5-7-14(25-4)8-6-13/h5-10,15H,11-12H2,1-4H3. The van der Waals surface area contributed by atoms with Gasteiger partial charge in [-0.2, -0.15) is 0 Å². The number of benzene rings is 1. The van der Waals surface area contributed by atoms with Crippen molar-refractivity contribution < 1.29 is 14.3 Å². The average molecular weight is 357 g/mol. The molecule has 0 spiro atoms. The van der Waals surface area contributed by atoms with Crippen LogP contribution in [0.15, 0.2) is 41.3 Å². The van der Waals surface area contributed by atoms with Gasteiger partial charge in [-0.1, -0.05) is 0 Å². The molecule has 0 saturated heterocycles. The second kappa shape index (κ2) is 6.71. The molecule has 0 aliphatic carbocycles.